The minimum Gasteiger partial charge on any atom is -0.497 e. The van der Waals surface area contributed by atoms with E-state index in [1.807, 2.05) is 54.8 Å². The maximum absolute atomic E-state index is 13.2. The van der Waals surface area contributed by atoms with Gasteiger partial charge in [0, 0.05) is 20.6 Å². The number of aliphatic imine (C=N–C) groups is 1. The number of hydrogen-bond donors (Lipinski definition) is 1. The summed E-state index contributed by atoms with van der Waals surface area (Å²) in [6.45, 7) is 3.51. The first-order chi connectivity index (χ1) is 14.5. The molecule has 0 radical (unpaired) electrons. The number of hydrogen-bond acceptors (Lipinski definition) is 4. The molecule has 2 aromatic carbocycles. The van der Waals surface area contributed by atoms with E-state index in [9.17, 15) is 4.39 Å². The Labute approximate surface area is 176 Å². The third kappa shape index (κ3) is 5.56. The fraction of sp³-hybridized carbons (Fsp3) is 0.318. The monoisotopic (exact) mass is 410 g/mol. The van der Waals surface area contributed by atoms with Gasteiger partial charge < -0.3 is 19.5 Å². The minimum atomic E-state index is -0.245. The summed E-state index contributed by atoms with van der Waals surface area (Å²) in [6, 6.07) is 14.3. The van der Waals surface area contributed by atoms with Gasteiger partial charge >= 0.3 is 0 Å². The zero-order valence-electron chi connectivity index (χ0n) is 17.8. The van der Waals surface area contributed by atoms with Crippen LogP contribution < -0.4 is 10.1 Å². The minimum absolute atomic E-state index is 0.245. The Morgan fingerprint density at radius 2 is 1.77 bits per heavy atom. The highest BCUT2D eigenvalue weighted by Gasteiger charge is 2.11. The second-order valence-corrected chi connectivity index (χ2v) is 7.05. The second kappa shape index (κ2) is 9.87. The summed E-state index contributed by atoms with van der Waals surface area (Å²) in [5.41, 5.74) is 2.06. The van der Waals surface area contributed by atoms with Crippen LogP contribution in [0, 0.1) is 12.7 Å². The van der Waals surface area contributed by atoms with E-state index < -0.39 is 0 Å². The summed E-state index contributed by atoms with van der Waals surface area (Å²) in [5.74, 6) is 2.96. The lowest BCUT2D eigenvalue weighted by Gasteiger charge is -2.22. The van der Waals surface area contributed by atoms with Crippen LogP contribution in [0.5, 0.6) is 5.75 Å². The molecule has 0 spiro atoms. The zero-order chi connectivity index (χ0) is 21.5. The lowest BCUT2D eigenvalue weighted by atomic mass is 10.2. The number of methoxy groups -OCH3 is 1. The molecule has 0 aliphatic rings. The van der Waals surface area contributed by atoms with Crippen LogP contribution in [-0.2, 0) is 26.7 Å². The summed E-state index contributed by atoms with van der Waals surface area (Å²) < 4.78 is 20.4. The van der Waals surface area contributed by atoms with Crippen molar-refractivity contribution in [3.63, 3.8) is 0 Å². The van der Waals surface area contributed by atoms with Gasteiger partial charge in [-0.2, -0.15) is 0 Å². The number of ether oxygens (including phenoxy) is 1. The molecule has 1 heterocycles. The number of guanidine groups is 1. The molecule has 3 rings (SSSR count). The molecule has 0 unspecified atom stereocenters. The van der Waals surface area contributed by atoms with Crippen molar-refractivity contribution in [1.82, 2.24) is 25.0 Å². The highest BCUT2D eigenvalue weighted by molar-refractivity contribution is 5.79. The van der Waals surface area contributed by atoms with Gasteiger partial charge in [0.25, 0.3) is 0 Å². The van der Waals surface area contributed by atoms with Crippen molar-refractivity contribution in [1.29, 1.82) is 0 Å². The van der Waals surface area contributed by atoms with E-state index in [-0.39, 0.29) is 5.82 Å². The van der Waals surface area contributed by atoms with Crippen molar-refractivity contribution in [2.45, 2.75) is 26.6 Å². The van der Waals surface area contributed by atoms with Crippen LogP contribution in [0.1, 0.15) is 22.8 Å². The van der Waals surface area contributed by atoms with E-state index >= 15 is 0 Å². The fourth-order valence-corrected chi connectivity index (χ4v) is 2.91. The van der Waals surface area contributed by atoms with Crippen LogP contribution in [0.2, 0.25) is 0 Å². The van der Waals surface area contributed by atoms with E-state index in [1.165, 1.54) is 12.1 Å². The summed E-state index contributed by atoms with van der Waals surface area (Å²) in [4.78, 5) is 6.77. The predicted octanol–water partition coefficient (Wildman–Crippen LogP) is 3.05. The first kappa shape index (κ1) is 21.3. The molecule has 0 aliphatic heterocycles. The molecule has 7 nitrogen and oxygen atoms in total. The van der Waals surface area contributed by atoms with Gasteiger partial charge in [-0.25, -0.2) is 9.38 Å². The molecule has 1 N–H and O–H groups in total. The Morgan fingerprint density at radius 1 is 1.10 bits per heavy atom. The molecule has 158 valence electrons. The molecule has 0 saturated carbocycles. The van der Waals surface area contributed by atoms with Crippen LogP contribution in [0.25, 0.3) is 0 Å². The third-order valence-electron chi connectivity index (χ3n) is 4.85. The summed E-state index contributed by atoms with van der Waals surface area (Å²) in [6.07, 6.45) is 0. The predicted molar refractivity (Wildman–Crippen MR) is 115 cm³/mol. The normalized spacial score (nSPS) is 11.4. The molecule has 3 aromatic rings. The van der Waals surface area contributed by atoms with Gasteiger partial charge in [-0.15, -0.1) is 10.2 Å². The van der Waals surface area contributed by atoms with Crippen molar-refractivity contribution >= 4 is 5.96 Å². The van der Waals surface area contributed by atoms with Gasteiger partial charge in [-0.3, -0.25) is 0 Å². The van der Waals surface area contributed by atoms with Crippen LogP contribution in [0.3, 0.4) is 0 Å². The Balaban J connectivity index is 1.74. The van der Waals surface area contributed by atoms with E-state index in [1.54, 1.807) is 19.2 Å². The molecule has 1 aromatic heterocycles. The summed E-state index contributed by atoms with van der Waals surface area (Å²) in [7, 11) is 5.53. The molecule has 0 fully saturated rings. The molecule has 0 bridgehead atoms. The molecule has 8 heteroatoms. The fourth-order valence-electron chi connectivity index (χ4n) is 2.91. The van der Waals surface area contributed by atoms with Gasteiger partial charge in [0.2, 0.25) is 0 Å². The summed E-state index contributed by atoms with van der Waals surface area (Å²) in [5, 5.41) is 11.7. The number of aryl methyl sites for hydroxylation is 1. The number of nitrogens with one attached hydrogen (secondary N) is 1. The quantitative estimate of drug-likeness (QED) is 0.479. The van der Waals surface area contributed by atoms with Crippen LogP contribution in [-0.4, -0.2) is 39.8 Å². The molecule has 0 atom stereocenters. The van der Waals surface area contributed by atoms with Gasteiger partial charge in [0.15, 0.2) is 11.8 Å². The SMILES string of the molecule is COc1ccc(CN=C(NCc2nnc(C)n2C)N(C)Cc2ccc(F)cc2)cc1. The van der Waals surface area contributed by atoms with E-state index in [0.29, 0.717) is 19.6 Å². The van der Waals surface area contributed by atoms with Gasteiger partial charge in [-0.1, -0.05) is 24.3 Å². The number of aromatic nitrogens is 3. The smallest absolute Gasteiger partial charge is 0.194 e. The van der Waals surface area contributed by atoms with Crippen molar-refractivity contribution < 1.29 is 9.13 Å². The highest BCUT2D eigenvalue weighted by atomic mass is 19.1. The Kier molecular flexibility index (Phi) is 7.00. The first-order valence-electron chi connectivity index (χ1n) is 9.68. The second-order valence-electron chi connectivity index (χ2n) is 7.05. The van der Waals surface area contributed by atoms with Crippen molar-refractivity contribution in [2.75, 3.05) is 14.2 Å². The third-order valence-corrected chi connectivity index (χ3v) is 4.85. The van der Waals surface area contributed by atoms with Crippen LogP contribution >= 0.6 is 0 Å². The maximum Gasteiger partial charge on any atom is 0.194 e. The van der Waals surface area contributed by atoms with Crippen molar-refractivity contribution in [2.24, 2.45) is 12.0 Å². The largest absolute Gasteiger partial charge is 0.497 e. The zero-order valence-corrected chi connectivity index (χ0v) is 17.8. The Morgan fingerprint density at radius 3 is 2.37 bits per heavy atom. The van der Waals surface area contributed by atoms with E-state index in [0.717, 1.165) is 34.5 Å². The van der Waals surface area contributed by atoms with Gasteiger partial charge in [-0.05, 0) is 42.3 Å². The highest BCUT2D eigenvalue weighted by Crippen LogP contribution is 2.12. The molecular formula is C22H27FN6O. The van der Waals surface area contributed by atoms with Gasteiger partial charge in [0.1, 0.15) is 17.4 Å². The maximum atomic E-state index is 13.2. The summed E-state index contributed by atoms with van der Waals surface area (Å²) >= 11 is 0. The van der Waals surface area contributed by atoms with Crippen LogP contribution in [0.15, 0.2) is 53.5 Å². The van der Waals surface area contributed by atoms with E-state index in [4.69, 9.17) is 9.73 Å². The topological polar surface area (TPSA) is 67.6 Å². The number of benzene rings is 2. The molecule has 30 heavy (non-hydrogen) atoms. The van der Waals surface area contributed by atoms with E-state index in [2.05, 4.69) is 15.5 Å². The molecule has 0 aliphatic carbocycles. The average Bonchev–Trinajstić information content (AvgIpc) is 3.08. The molecule has 0 amide bonds. The molecular weight excluding hydrogens is 383 g/mol. The standard InChI is InChI=1S/C22H27FN6O/c1-16-26-27-21(29(16)3)14-25-22(24-13-17-7-11-20(30-4)12-8-17)28(2)15-18-5-9-19(23)10-6-18/h5-12H,13-15H2,1-4H3,(H,24,25). The lowest BCUT2D eigenvalue weighted by molar-refractivity contribution is 0.414. The number of nitrogens with zero attached hydrogens (tertiary/aromatic N) is 5. The molecule has 0 saturated heterocycles. The Bertz CT molecular complexity index is 982. The average molecular weight is 410 g/mol. The lowest BCUT2D eigenvalue weighted by Crippen LogP contribution is -2.38. The number of halogens is 1. The van der Waals surface area contributed by atoms with Gasteiger partial charge in [0.05, 0.1) is 20.2 Å². The Hall–Kier alpha value is -3.42. The number of rotatable bonds is 7. The van der Waals surface area contributed by atoms with Crippen molar-refractivity contribution in [3.05, 3.63) is 77.1 Å². The van der Waals surface area contributed by atoms with Crippen molar-refractivity contribution in [3.8, 4) is 5.75 Å². The first-order valence-corrected chi connectivity index (χ1v) is 9.68. The van der Waals surface area contributed by atoms with Crippen LogP contribution in [0.4, 0.5) is 4.39 Å².